The fraction of sp³-hybridized carbons (Fsp3) is 0.643. The van der Waals surface area contributed by atoms with Gasteiger partial charge < -0.3 is 10.6 Å². The summed E-state index contributed by atoms with van der Waals surface area (Å²) in [5.41, 5.74) is 0.452. The highest BCUT2D eigenvalue weighted by Crippen LogP contribution is 2.35. The van der Waals surface area contributed by atoms with Crippen LogP contribution in [-0.2, 0) is 11.3 Å². The Kier molecular flexibility index (Phi) is 5.43. The lowest BCUT2D eigenvalue weighted by molar-refractivity contribution is -0.122. The number of hydrogen-bond donors (Lipinski definition) is 2. The van der Waals surface area contributed by atoms with Gasteiger partial charge in [-0.05, 0) is 42.8 Å². The number of amides is 1. The summed E-state index contributed by atoms with van der Waals surface area (Å²) in [4.78, 5) is 15.5. The van der Waals surface area contributed by atoms with Gasteiger partial charge in [0.1, 0.15) is 0 Å². The molecule has 2 aliphatic heterocycles. The number of carbonyl (C=O) groups excluding carboxylic acids is 1. The maximum atomic E-state index is 11.9. The second-order valence-electron chi connectivity index (χ2n) is 5.74. The van der Waals surface area contributed by atoms with Crippen LogP contribution in [-0.4, -0.2) is 43.5 Å². The van der Waals surface area contributed by atoms with Gasteiger partial charge in [0, 0.05) is 18.0 Å². The van der Waals surface area contributed by atoms with Gasteiger partial charge in [0.15, 0.2) is 0 Å². The number of nitrogens with zero attached hydrogens (tertiary/aromatic N) is 1. The third kappa shape index (κ3) is 3.73. The predicted octanol–water partition coefficient (Wildman–Crippen LogP) is 1.47. The molecule has 0 bridgehead atoms. The maximum absolute atomic E-state index is 11.9. The van der Waals surface area contributed by atoms with Crippen LogP contribution in [0.15, 0.2) is 17.5 Å². The monoisotopic (exact) mass is 315 g/mol. The van der Waals surface area contributed by atoms with Crippen LogP contribution >= 0.6 is 23.7 Å². The lowest BCUT2D eigenvalue weighted by Gasteiger charge is -2.22. The van der Waals surface area contributed by atoms with Crippen molar-refractivity contribution in [3.8, 4) is 0 Å². The number of hydrogen-bond acceptors (Lipinski definition) is 4. The molecule has 1 aromatic rings. The van der Waals surface area contributed by atoms with Crippen LogP contribution in [0.5, 0.6) is 0 Å². The quantitative estimate of drug-likeness (QED) is 0.884. The Morgan fingerprint density at radius 1 is 1.50 bits per heavy atom. The molecule has 1 unspecified atom stereocenters. The zero-order valence-corrected chi connectivity index (χ0v) is 13.2. The van der Waals surface area contributed by atoms with E-state index in [0.29, 0.717) is 18.5 Å². The van der Waals surface area contributed by atoms with Crippen LogP contribution in [0.4, 0.5) is 0 Å². The molecule has 20 heavy (non-hydrogen) atoms. The number of nitrogens with one attached hydrogen (secondary N) is 2. The second-order valence-corrected chi connectivity index (χ2v) is 6.78. The highest BCUT2D eigenvalue weighted by molar-refractivity contribution is 7.09. The Bertz CT molecular complexity index is 432. The number of thiophene rings is 1. The van der Waals surface area contributed by atoms with Crippen molar-refractivity contribution in [2.75, 3.05) is 32.7 Å². The molecular formula is C14H22ClN3OS. The first-order valence-corrected chi connectivity index (χ1v) is 7.86. The van der Waals surface area contributed by atoms with Gasteiger partial charge in [-0.3, -0.25) is 9.69 Å². The molecule has 0 aromatic carbocycles. The topological polar surface area (TPSA) is 44.4 Å². The molecule has 2 aliphatic rings. The Balaban J connectivity index is 0.00000147. The molecule has 0 radical (unpaired) electrons. The van der Waals surface area contributed by atoms with Crippen molar-refractivity contribution in [2.24, 2.45) is 5.41 Å². The largest absolute Gasteiger partial charge is 0.350 e. The third-order valence-corrected chi connectivity index (χ3v) is 5.13. The fourth-order valence-corrected chi connectivity index (χ4v) is 3.81. The van der Waals surface area contributed by atoms with Crippen LogP contribution in [0, 0.1) is 5.41 Å². The Morgan fingerprint density at radius 2 is 2.40 bits per heavy atom. The molecule has 112 valence electrons. The normalized spacial score (nSPS) is 25.8. The molecule has 4 nitrogen and oxygen atoms in total. The Labute approximate surface area is 130 Å². The van der Waals surface area contributed by atoms with Crippen molar-refractivity contribution < 1.29 is 4.79 Å². The number of halogens is 1. The van der Waals surface area contributed by atoms with Crippen molar-refractivity contribution in [3.63, 3.8) is 0 Å². The summed E-state index contributed by atoms with van der Waals surface area (Å²) in [7, 11) is 0. The van der Waals surface area contributed by atoms with Gasteiger partial charge in [-0.25, -0.2) is 0 Å². The van der Waals surface area contributed by atoms with E-state index in [4.69, 9.17) is 0 Å². The molecule has 3 heterocycles. The summed E-state index contributed by atoms with van der Waals surface area (Å²) < 4.78 is 0. The zero-order chi connectivity index (χ0) is 13.1. The molecule has 0 saturated carbocycles. The molecule has 2 saturated heterocycles. The number of carbonyl (C=O) groups is 1. The van der Waals surface area contributed by atoms with Crippen molar-refractivity contribution in [2.45, 2.75) is 19.4 Å². The van der Waals surface area contributed by atoms with Crippen molar-refractivity contribution in [3.05, 3.63) is 22.4 Å². The molecule has 1 amide bonds. The average molecular weight is 316 g/mol. The standard InChI is InChI=1S/C14H21N3OS.ClH/c18-13(16-8-12-2-1-7-19-12)9-17-6-4-14(11-17)3-5-15-10-14;/h1-2,7,15H,3-6,8-11H2,(H,16,18);1H. The van der Waals surface area contributed by atoms with Gasteiger partial charge in [-0.15, -0.1) is 23.7 Å². The number of rotatable bonds is 4. The van der Waals surface area contributed by atoms with Gasteiger partial charge in [0.05, 0.1) is 13.1 Å². The van der Waals surface area contributed by atoms with Gasteiger partial charge in [0.2, 0.25) is 5.91 Å². The van der Waals surface area contributed by atoms with E-state index >= 15 is 0 Å². The van der Waals surface area contributed by atoms with E-state index in [2.05, 4.69) is 21.6 Å². The van der Waals surface area contributed by atoms with E-state index in [9.17, 15) is 4.79 Å². The van der Waals surface area contributed by atoms with E-state index in [1.54, 1.807) is 11.3 Å². The summed E-state index contributed by atoms with van der Waals surface area (Å²) in [5.74, 6) is 0.149. The van der Waals surface area contributed by atoms with Crippen LogP contribution in [0.3, 0.4) is 0 Å². The van der Waals surface area contributed by atoms with Crippen LogP contribution < -0.4 is 10.6 Å². The van der Waals surface area contributed by atoms with E-state index in [0.717, 1.165) is 26.2 Å². The molecular weight excluding hydrogens is 294 g/mol. The van der Waals surface area contributed by atoms with Crippen LogP contribution in [0.2, 0.25) is 0 Å². The second kappa shape index (κ2) is 6.89. The maximum Gasteiger partial charge on any atom is 0.234 e. The summed E-state index contributed by atoms with van der Waals surface area (Å²) in [5, 5.41) is 8.49. The summed E-state index contributed by atoms with van der Waals surface area (Å²) in [6.07, 6.45) is 2.50. The lowest BCUT2D eigenvalue weighted by Crippen LogP contribution is -2.37. The summed E-state index contributed by atoms with van der Waals surface area (Å²) in [6.45, 7) is 5.61. The van der Waals surface area contributed by atoms with Gasteiger partial charge in [-0.1, -0.05) is 6.07 Å². The smallest absolute Gasteiger partial charge is 0.234 e. The molecule has 2 fully saturated rings. The lowest BCUT2D eigenvalue weighted by atomic mass is 9.87. The minimum Gasteiger partial charge on any atom is -0.350 e. The van der Waals surface area contributed by atoms with Crippen molar-refractivity contribution in [1.29, 1.82) is 0 Å². The van der Waals surface area contributed by atoms with Gasteiger partial charge >= 0.3 is 0 Å². The average Bonchev–Trinajstić information content (AvgIpc) is 3.12. The molecule has 1 aromatic heterocycles. The molecule has 1 atom stereocenters. The highest BCUT2D eigenvalue weighted by atomic mass is 35.5. The van der Waals surface area contributed by atoms with Gasteiger partial charge in [-0.2, -0.15) is 0 Å². The molecule has 1 spiro atoms. The third-order valence-electron chi connectivity index (χ3n) is 4.26. The minimum absolute atomic E-state index is 0. The molecule has 2 N–H and O–H groups in total. The SMILES string of the molecule is Cl.O=C(CN1CCC2(CCNC2)C1)NCc1cccs1. The first-order chi connectivity index (χ1) is 9.26. The number of likely N-dealkylation sites (tertiary alicyclic amines) is 1. The fourth-order valence-electron chi connectivity index (χ4n) is 3.16. The van der Waals surface area contributed by atoms with Crippen molar-refractivity contribution >= 4 is 29.7 Å². The zero-order valence-electron chi connectivity index (χ0n) is 11.6. The Morgan fingerprint density at radius 3 is 3.10 bits per heavy atom. The first kappa shape index (κ1) is 15.8. The van der Waals surface area contributed by atoms with Crippen molar-refractivity contribution in [1.82, 2.24) is 15.5 Å². The highest BCUT2D eigenvalue weighted by Gasteiger charge is 2.40. The Hall–Kier alpha value is -0.620. The van der Waals surface area contributed by atoms with Crippen LogP contribution in [0.1, 0.15) is 17.7 Å². The predicted molar refractivity (Wildman–Crippen MR) is 84.4 cm³/mol. The van der Waals surface area contributed by atoms with E-state index in [-0.39, 0.29) is 18.3 Å². The molecule has 0 aliphatic carbocycles. The summed E-state index contributed by atoms with van der Waals surface area (Å²) >= 11 is 1.69. The van der Waals surface area contributed by atoms with Gasteiger partial charge in [0.25, 0.3) is 0 Å². The minimum atomic E-state index is 0. The van der Waals surface area contributed by atoms with E-state index in [1.807, 2.05) is 11.4 Å². The van der Waals surface area contributed by atoms with E-state index < -0.39 is 0 Å². The molecule has 6 heteroatoms. The summed E-state index contributed by atoms with van der Waals surface area (Å²) in [6, 6.07) is 4.07. The molecule has 3 rings (SSSR count). The first-order valence-electron chi connectivity index (χ1n) is 6.98. The van der Waals surface area contributed by atoms with E-state index in [1.165, 1.54) is 17.7 Å². The van der Waals surface area contributed by atoms with Crippen LogP contribution in [0.25, 0.3) is 0 Å².